The number of ether oxygens (including phenoxy) is 2. The largest absolute Gasteiger partial charge is 0.382 e. The molecule has 1 atom stereocenters. The van der Waals surface area contributed by atoms with E-state index in [2.05, 4.69) is 17.6 Å². The molecule has 1 aliphatic heterocycles. The maximum Gasteiger partial charge on any atom is 0.166 e. The zero-order valence-corrected chi connectivity index (χ0v) is 12.4. The Hall–Kier alpha value is -0.390. The maximum atomic E-state index is 5.37. The molecule has 5 heteroatoms. The minimum absolute atomic E-state index is 0.417. The van der Waals surface area contributed by atoms with Crippen molar-refractivity contribution >= 4 is 17.3 Å². The van der Waals surface area contributed by atoms with Gasteiger partial charge in [0, 0.05) is 39.0 Å². The molecular formula is C13H26N2O2S. The van der Waals surface area contributed by atoms with Crippen LogP contribution >= 0.6 is 12.2 Å². The quantitative estimate of drug-likeness (QED) is 0.546. The van der Waals surface area contributed by atoms with E-state index in [1.54, 1.807) is 0 Å². The molecule has 0 bridgehead atoms. The average Bonchev–Trinajstić information content (AvgIpc) is 2.39. The summed E-state index contributed by atoms with van der Waals surface area (Å²) in [7, 11) is 0. The third-order valence-electron chi connectivity index (χ3n) is 3.29. The fourth-order valence-electron chi connectivity index (χ4n) is 2.11. The second-order valence-corrected chi connectivity index (χ2v) is 5.10. The van der Waals surface area contributed by atoms with Crippen molar-refractivity contribution in [1.29, 1.82) is 0 Å². The number of rotatable bonds is 7. The highest BCUT2D eigenvalue weighted by Gasteiger charge is 2.20. The van der Waals surface area contributed by atoms with Gasteiger partial charge in [-0.05, 0) is 51.2 Å². The highest BCUT2D eigenvalue weighted by molar-refractivity contribution is 7.80. The van der Waals surface area contributed by atoms with Crippen LogP contribution in [0.15, 0.2) is 0 Å². The Balaban J connectivity index is 2.07. The molecule has 1 unspecified atom stereocenters. The molecule has 0 spiro atoms. The summed E-state index contributed by atoms with van der Waals surface area (Å²) in [6.07, 6.45) is 3.24. The molecule has 4 nitrogen and oxygen atoms in total. The maximum absolute atomic E-state index is 5.37. The third-order valence-corrected chi connectivity index (χ3v) is 3.55. The van der Waals surface area contributed by atoms with Crippen LogP contribution in [-0.4, -0.2) is 44.1 Å². The van der Waals surface area contributed by atoms with E-state index in [4.69, 9.17) is 21.7 Å². The molecule has 0 amide bonds. The second kappa shape index (κ2) is 9.53. The molecule has 1 saturated heterocycles. The van der Waals surface area contributed by atoms with E-state index >= 15 is 0 Å². The molecule has 0 aromatic heterocycles. The molecule has 0 radical (unpaired) electrons. The lowest BCUT2D eigenvalue weighted by atomic mass is 9.93. The van der Waals surface area contributed by atoms with Crippen LogP contribution in [0, 0.1) is 5.92 Å². The Labute approximate surface area is 116 Å². The first kappa shape index (κ1) is 15.7. The summed E-state index contributed by atoms with van der Waals surface area (Å²) in [6, 6.07) is 0.417. The van der Waals surface area contributed by atoms with Crippen molar-refractivity contribution in [3.8, 4) is 0 Å². The fraction of sp³-hybridized carbons (Fsp3) is 0.923. The van der Waals surface area contributed by atoms with Gasteiger partial charge in [-0.2, -0.15) is 0 Å². The Morgan fingerprint density at radius 1 is 1.44 bits per heavy atom. The highest BCUT2D eigenvalue weighted by Crippen LogP contribution is 2.18. The summed E-state index contributed by atoms with van der Waals surface area (Å²) in [5.41, 5.74) is 0. The summed E-state index contributed by atoms with van der Waals surface area (Å²) in [5, 5.41) is 7.34. The summed E-state index contributed by atoms with van der Waals surface area (Å²) >= 11 is 5.28. The van der Waals surface area contributed by atoms with Crippen LogP contribution in [0.4, 0.5) is 0 Å². The lowest BCUT2D eigenvalue weighted by Gasteiger charge is -2.29. The van der Waals surface area contributed by atoms with Gasteiger partial charge >= 0.3 is 0 Å². The van der Waals surface area contributed by atoms with E-state index in [0.717, 1.165) is 57.3 Å². The first-order valence-electron chi connectivity index (χ1n) is 6.94. The predicted octanol–water partition coefficient (Wildman–Crippen LogP) is 1.69. The smallest absolute Gasteiger partial charge is 0.166 e. The summed E-state index contributed by atoms with van der Waals surface area (Å²) in [6.45, 7) is 8.41. The lowest BCUT2D eigenvalue weighted by Crippen LogP contribution is -2.45. The summed E-state index contributed by atoms with van der Waals surface area (Å²) in [5.74, 6) is 0.668. The summed E-state index contributed by atoms with van der Waals surface area (Å²) < 4.78 is 10.6. The van der Waals surface area contributed by atoms with E-state index in [-0.39, 0.29) is 0 Å². The number of thiocarbonyl (C=S) groups is 1. The van der Waals surface area contributed by atoms with Gasteiger partial charge in [0.2, 0.25) is 0 Å². The number of hydrogen-bond acceptors (Lipinski definition) is 3. The van der Waals surface area contributed by atoms with Crippen LogP contribution < -0.4 is 10.6 Å². The van der Waals surface area contributed by atoms with Crippen molar-refractivity contribution in [3.63, 3.8) is 0 Å². The molecule has 1 rings (SSSR count). The topological polar surface area (TPSA) is 42.5 Å². The molecule has 1 fully saturated rings. The highest BCUT2D eigenvalue weighted by atomic mass is 32.1. The molecule has 106 valence electrons. The Bertz CT molecular complexity index is 233. The van der Waals surface area contributed by atoms with E-state index in [9.17, 15) is 0 Å². The average molecular weight is 274 g/mol. The molecule has 2 N–H and O–H groups in total. The number of hydrogen-bond donors (Lipinski definition) is 2. The Kier molecular flexibility index (Phi) is 8.29. The van der Waals surface area contributed by atoms with Gasteiger partial charge in [0.25, 0.3) is 0 Å². The van der Waals surface area contributed by atoms with E-state index < -0.39 is 0 Å². The van der Waals surface area contributed by atoms with Gasteiger partial charge in [-0.25, -0.2) is 0 Å². The van der Waals surface area contributed by atoms with Crippen molar-refractivity contribution in [2.45, 2.75) is 39.2 Å². The standard InChI is InChI=1S/C13H26N2O2S/c1-3-16-8-4-7-14-13(18)15-11(2)12-5-9-17-10-6-12/h11-12H,3-10H2,1-2H3,(H2,14,15,18). The first-order valence-corrected chi connectivity index (χ1v) is 7.34. The number of nitrogens with one attached hydrogen (secondary N) is 2. The normalized spacial score (nSPS) is 18.3. The zero-order chi connectivity index (χ0) is 13.2. The van der Waals surface area contributed by atoms with Gasteiger partial charge in [0.15, 0.2) is 5.11 Å². The van der Waals surface area contributed by atoms with Crippen molar-refractivity contribution in [1.82, 2.24) is 10.6 Å². The molecule has 0 aromatic carbocycles. The van der Waals surface area contributed by atoms with Crippen LogP contribution in [0.25, 0.3) is 0 Å². The van der Waals surface area contributed by atoms with Crippen molar-refractivity contribution in [2.75, 3.05) is 33.0 Å². The van der Waals surface area contributed by atoms with Crippen molar-refractivity contribution in [3.05, 3.63) is 0 Å². The van der Waals surface area contributed by atoms with E-state index in [1.165, 1.54) is 0 Å². The third kappa shape index (κ3) is 6.52. The SMILES string of the molecule is CCOCCCNC(=S)NC(C)C1CCOCC1. The van der Waals surface area contributed by atoms with Gasteiger partial charge < -0.3 is 20.1 Å². The minimum Gasteiger partial charge on any atom is -0.382 e. The first-order chi connectivity index (χ1) is 8.74. The van der Waals surface area contributed by atoms with Crippen LogP contribution in [0.2, 0.25) is 0 Å². The Morgan fingerprint density at radius 2 is 2.17 bits per heavy atom. The van der Waals surface area contributed by atoms with Crippen LogP contribution in [-0.2, 0) is 9.47 Å². The van der Waals surface area contributed by atoms with Crippen molar-refractivity contribution < 1.29 is 9.47 Å². The van der Waals surface area contributed by atoms with Crippen LogP contribution in [0.3, 0.4) is 0 Å². The molecule has 0 aromatic rings. The molecule has 1 aliphatic rings. The van der Waals surface area contributed by atoms with E-state index in [0.29, 0.717) is 12.0 Å². The lowest BCUT2D eigenvalue weighted by molar-refractivity contribution is 0.0582. The molecule has 0 saturated carbocycles. The second-order valence-electron chi connectivity index (χ2n) is 4.69. The van der Waals surface area contributed by atoms with Crippen LogP contribution in [0.5, 0.6) is 0 Å². The Morgan fingerprint density at radius 3 is 2.83 bits per heavy atom. The molecular weight excluding hydrogens is 248 g/mol. The minimum atomic E-state index is 0.417. The van der Waals surface area contributed by atoms with Gasteiger partial charge in [-0.15, -0.1) is 0 Å². The van der Waals surface area contributed by atoms with Gasteiger partial charge in [-0.3, -0.25) is 0 Å². The molecule has 0 aliphatic carbocycles. The monoisotopic (exact) mass is 274 g/mol. The van der Waals surface area contributed by atoms with Gasteiger partial charge in [0.05, 0.1) is 0 Å². The zero-order valence-electron chi connectivity index (χ0n) is 11.5. The predicted molar refractivity (Wildman–Crippen MR) is 77.9 cm³/mol. The van der Waals surface area contributed by atoms with Gasteiger partial charge in [-0.1, -0.05) is 0 Å². The van der Waals surface area contributed by atoms with E-state index in [1.807, 2.05) is 6.92 Å². The molecule has 18 heavy (non-hydrogen) atoms. The van der Waals surface area contributed by atoms with Crippen molar-refractivity contribution in [2.24, 2.45) is 5.92 Å². The fourth-order valence-corrected chi connectivity index (χ4v) is 2.40. The van der Waals surface area contributed by atoms with Crippen LogP contribution in [0.1, 0.15) is 33.1 Å². The molecule has 1 heterocycles. The van der Waals surface area contributed by atoms with Gasteiger partial charge in [0.1, 0.15) is 0 Å². The summed E-state index contributed by atoms with van der Waals surface area (Å²) in [4.78, 5) is 0.